The van der Waals surface area contributed by atoms with Crippen molar-refractivity contribution in [2.75, 3.05) is 4.81 Å². The third-order valence-electron chi connectivity index (χ3n) is 3.03. The van der Waals surface area contributed by atoms with E-state index in [2.05, 4.69) is 66.3 Å². The maximum atomic E-state index is 2.31. The lowest BCUT2D eigenvalue weighted by molar-refractivity contribution is 1.32. The van der Waals surface area contributed by atoms with Crippen LogP contribution in [0.25, 0.3) is 6.08 Å². The van der Waals surface area contributed by atoms with E-state index < -0.39 is 0 Å². The second kappa shape index (κ2) is 3.16. The van der Waals surface area contributed by atoms with Gasteiger partial charge in [0.15, 0.2) is 0 Å². The van der Waals surface area contributed by atoms with Crippen molar-refractivity contribution in [2.24, 2.45) is 0 Å². The minimum Gasteiger partial charge on any atom is -0.383 e. The van der Waals surface area contributed by atoms with Crippen molar-refractivity contribution in [3.8, 4) is 0 Å². The number of hydrogen-bond donors (Lipinski definition) is 0. The zero-order valence-corrected chi connectivity index (χ0v) is 8.72. The highest BCUT2D eigenvalue weighted by Crippen LogP contribution is 2.31. The number of fused-ring (bicyclic) bond motifs is 3. The average Bonchev–Trinajstić information content (AvgIpc) is 2.29. The molecule has 0 amide bonds. The first-order valence-corrected chi connectivity index (χ1v) is 5.27. The minimum atomic E-state index is 0.393. The van der Waals surface area contributed by atoms with Crippen LogP contribution in [0.15, 0.2) is 48.5 Å². The van der Waals surface area contributed by atoms with Crippen molar-refractivity contribution in [1.29, 1.82) is 0 Å². The fourth-order valence-electron chi connectivity index (χ4n) is 2.21. The molecule has 15 heavy (non-hydrogen) atoms. The van der Waals surface area contributed by atoms with Crippen LogP contribution in [0.4, 0.5) is 5.69 Å². The Balaban J connectivity index is 2.18. The van der Waals surface area contributed by atoms with Crippen molar-refractivity contribution in [2.45, 2.75) is 6.92 Å². The van der Waals surface area contributed by atoms with E-state index in [1.54, 1.807) is 0 Å². The molecule has 2 aliphatic rings. The molecule has 0 spiro atoms. The second-order valence-corrected chi connectivity index (χ2v) is 3.99. The SMILES string of the molecule is Cc1cccc2c1C=CB1C=CC=CN12. The first kappa shape index (κ1) is 8.60. The molecule has 0 saturated carbocycles. The molecule has 0 bridgehead atoms. The smallest absolute Gasteiger partial charge is 0.312 e. The van der Waals surface area contributed by atoms with Crippen LogP contribution in [0.3, 0.4) is 0 Å². The van der Waals surface area contributed by atoms with Gasteiger partial charge in [0, 0.05) is 5.69 Å². The largest absolute Gasteiger partial charge is 0.383 e. The molecule has 0 fully saturated rings. The maximum Gasteiger partial charge on any atom is 0.312 e. The molecule has 0 aromatic heterocycles. The lowest BCUT2D eigenvalue weighted by atomic mass is 9.57. The quantitative estimate of drug-likeness (QED) is 0.572. The van der Waals surface area contributed by atoms with Gasteiger partial charge in [-0.3, -0.25) is 0 Å². The highest BCUT2D eigenvalue weighted by Gasteiger charge is 2.23. The Labute approximate surface area is 90.5 Å². The number of hydrogen-bond acceptors (Lipinski definition) is 1. The lowest BCUT2D eigenvalue weighted by Gasteiger charge is -2.31. The van der Waals surface area contributed by atoms with Crippen LogP contribution in [0, 0.1) is 6.92 Å². The summed E-state index contributed by atoms with van der Waals surface area (Å²) in [6.45, 7) is 2.55. The number of aryl methyl sites for hydroxylation is 1. The number of nitrogens with zero attached hydrogens (tertiary/aromatic N) is 1. The Hall–Kier alpha value is -1.70. The molecule has 2 heterocycles. The normalized spacial score (nSPS) is 16.6. The molecule has 0 atom stereocenters. The van der Waals surface area contributed by atoms with Crippen molar-refractivity contribution in [3.05, 3.63) is 59.6 Å². The predicted octanol–water partition coefficient (Wildman–Crippen LogP) is 2.98. The maximum absolute atomic E-state index is 2.31. The van der Waals surface area contributed by atoms with Crippen LogP contribution >= 0.6 is 0 Å². The van der Waals surface area contributed by atoms with E-state index >= 15 is 0 Å². The topological polar surface area (TPSA) is 3.24 Å². The molecule has 1 nitrogen and oxygen atoms in total. The minimum absolute atomic E-state index is 0.393. The van der Waals surface area contributed by atoms with E-state index in [0.29, 0.717) is 6.85 Å². The van der Waals surface area contributed by atoms with Gasteiger partial charge in [0.05, 0.1) is 0 Å². The zero-order valence-electron chi connectivity index (χ0n) is 8.72. The molecular formula is C13H12BN. The summed E-state index contributed by atoms with van der Waals surface area (Å²) in [7, 11) is 0. The summed E-state index contributed by atoms with van der Waals surface area (Å²) in [6, 6.07) is 6.46. The van der Waals surface area contributed by atoms with Crippen molar-refractivity contribution >= 4 is 18.6 Å². The molecule has 2 heteroatoms. The molecule has 0 aliphatic carbocycles. The molecule has 1 aromatic rings. The standard InChI is InChI=1S/C13H12BN/c1-11-5-4-6-13-12(11)7-9-14-8-2-3-10-15(13)14/h2-10H,1H3. The Morgan fingerprint density at radius 2 is 2.07 bits per heavy atom. The third kappa shape index (κ3) is 1.25. The Morgan fingerprint density at radius 3 is 3.00 bits per heavy atom. The number of anilines is 1. The van der Waals surface area contributed by atoms with Gasteiger partial charge in [-0.25, -0.2) is 0 Å². The van der Waals surface area contributed by atoms with E-state index in [-0.39, 0.29) is 0 Å². The molecule has 0 radical (unpaired) electrons. The van der Waals surface area contributed by atoms with Crippen LogP contribution < -0.4 is 4.81 Å². The van der Waals surface area contributed by atoms with Crippen molar-refractivity contribution in [3.63, 3.8) is 0 Å². The van der Waals surface area contributed by atoms with E-state index in [9.17, 15) is 0 Å². The predicted molar refractivity (Wildman–Crippen MR) is 66.7 cm³/mol. The highest BCUT2D eigenvalue weighted by molar-refractivity contribution is 6.75. The van der Waals surface area contributed by atoms with Gasteiger partial charge in [0.1, 0.15) is 0 Å². The summed E-state index contributed by atoms with van der Waals surface area (Å²) in [4.78, 5) is 2.31. The third-order valence-corrected chi connectivity index (χ3v) is 3.03. The monoisotopic (exact) mass is 193 g/mol. The van der Waals surface area contributed by atoms with Gasteiger partial charge in [0.2, 0.25) is 0 Å². The molecule has 3 rings (SSSR count). The van der Waals surface area contributed by atoms with Gasteiger partial charge in [0.25, 0.3) is 0 Å². The summed E-state index contributed by atoms with van der Waals surface area (Å²) < 4.78 is 0. The zero-order chi connectivity index (χ0) is 10.3. The number of allylic oxidation sites excluding steroid dienone is 2. The first-order chi connectivity index (χ1) is 7.36. The Bertz CT molecular complexity index is 485. The fourth-order valence-corrected chi connectivity index (χ4v) is 2.21. The van der Waals surface area contributed by atoms with Crippen molar-refractivity contribution in [1.82, 2.24) is 0 Å². The Kier molecular flexibility index (Phi) is 1.81. The van der Waals surface area contributed by atoms with Gasteiger partial charge in [-0.1, -0.05) is 36.2 Å². The second-order valence-electron chi connectivity index (χ2n) is 3.99. The van der Waals surface area contributed by atoms with Gasteiger partial charge in [-0.05, 0) is 36.4 Å². The van der Waals surface area contributed by atoms with E-state index in [0.717, 1.165) is 0 Å². The summed E-state index contributed by atoms with van der Waals surface area (Å²) >= 11 is 0. The molecule has 0 N–H and O–H groups in total. The highest BCUT2D eigenvalue weighted by atomic mass is 15.1. The molecule has 0 saturated heterocycles. The van der Waals surface area contributed by atoms with Gasteiger partial charge < -0.3 is 4.81 Å². The van der Waals surface area contributed by atoms with Gasteiger partial charge in [-0.15, -0.1) is 0 Å². The van der Waals surface area contributed by atoms with Crippen LogP contribution in [-0.2, 0) is 0 Å². The van der Waals surface area contributed by atoms with Gasteiger partial charge >= 0.3 is 6.85 Å². The van der Waals surface area contributed by atoms with Crippen molar-refractivity contribution < 1.29 is 0 Å². The molecule has 2 aliphatic heterocycles. The van der Waals surface area contributed by atoms with Crippen LogP contribution in [0.2, 0.25) is 0 Å². The Morgan fingerprint density at radius 1 is 1.13 bits per heavy atom. The fraction of sp³-hybridized carbons (Fsp3) is 0.0769. The molecule has 0 unspecified atom stereocenters. The summed E-state index contributed by atoms with van der Waals surface area (Å²) in [6.07, 6.45) is 8.57. The average molecular weight is 193 g/mol. The van der Waals surface area contributed by atoms with Crippen LogP contribution in [-0.4, -0.2) is 6.85 Å². The number of benzene rings is 1. The number of rotatable bonds is 0. The summed E-state index contributed by atoms with van der Waals surface area (Å²) in [5, 5.41) is 0. The first-order valence-electron chi connectivity index (χ1n) is 5.27. The van der Waals surface area contributed by atoms with Crippen LogP contribution in [0.5, 0.6) is 0 Å². The summed E-state index contributed by atoms with van der Waals surface area (Å²) in [5.41, 5.74) is 3.99. The summed E-state index contributed by atoms with van der Waals surface area (Å²) in [5.74, 6) is 4.46. The van der Waals surface area contributed by atoms with Gasteiger partial charge in [-0.2, -0.15) is 0 Å². The molecule has 72 valence electrons. The molecular weight excluding hydrogens is 181 g/mol. The van der Waals surface area contributed by atoms with E-state index in [4.69, 9.17) is 0 Å². The van der Waals surface area contributed by atoms with E-state index in [1.807, 2.05) is 0 Å². The lowest BCUT2D eigenvalue weighted by Crippen LogP contribution is -2.36. The van der Waals surface area contributed by atoms with E-state index in [1.165, 1.54) is 16.8 Å². The molecule has 1 aromatic carbocycles. The van der Waals surface area contributed by atoms with Crippen LogP contribution in [0.1, 0.15) is 11.1 Å².